The molecule has 1 heterocycles. The zero-order chi connectivity index (χ0) is 32.0. The third kappa shape index (κ3) is 3.95. The average molecular weight is 629 g/mol. The van der Waals surface area contributed by atoms with Crippen molar-refractivity contribution in [3.63, 3.8) is 0 Å². The molecule has 0 bridgehead atoms. The van der Waals surface area contributed by atoms with Crippen LogP contribution in [-0.2, 0) is 5.41 Å². The molecule has 0 fully saturated rings. The predicted molar refractivity (Wildman–Crippen MR) is 208 cm³/mol. The van der Waals surface area contributed by atoms with E-state index in [9.17, 15) is 0 Å². The summed E-state index contributed by atoms with van der Waals surface area (Å²) < 4.78 is 2.71. The molecule has 0 radical (unpaired) electrons. The van der Waals surface area contributed by atoms with Gasteiger partial charge in [-0.25, -0.2) is 0 Å². The monoisotopic (exact) mass is 628 g/mol. The Morgan fingerprint density at radius 3 is 1.54 bits per heavy atom. The Morgan fingerprint density at radius 2 is 0.875 bits per heavy atom. The molecule has 1 heteroatoms. The molecule has 0 saturated carbocycles. The van der Waals surface area contributed by atoms with Crippen LogP contribution in [0.2, 0.25) is 0 Å². The van der Waals surface area contributed by atoms with Gasteiger partial charge in [-0.05, 0) is 101 Å². The van der Waals surface area contributed by atoms with Gasteiger partial charge in [-0.2, -0.15) is 0 Å². The number of fused-ring (bicyclic) bond motifs is 8. The number of benzene rings is 8. The van der Waals surface area contributed by atoms with Crippen molar-refractivity contribution < 1.29 is 0 Å². The summed E-state index contributed by atoms with van der Waals surface area (Å²) in [7, 11) is 0. The normalized spacial score (nSPS) is 13.4. The molecule has 0 nitrogen and oxygen atoms in total. The van der Waals surface area contributed by atoms with E-state index in [1.54, 1.807) is 0 Å². The second-order valence-corrected chi connectivity index (χ2v) is 14.7. The first kappa shape index (κ1) is 27.6. The highest BCUT2D eigenvalue weighted by Gasteiger charge is 2.35. The molecule has 0 amide bonds. The largest absolute Gasteiger partial charge is 0.135 e. The van der Waals surface area contributed by atoms with Crippen molar-refractivity contribution in [2.24, 2.45) is 0 Å². The van der Waals surface area contributed by atoms with Gasteiger partial charge < -0.3 is 0 Å². The molecule has 0 N–H and O–H groups in total. The average Bonchev–Trinajstić information content (AvgIpc) is 3.61. The zero-order valence-electron chi connectivity index (χ0n) is 26.9. The van der Waals surface area contributed by atoms with Crippen LogP contribution in [0.25, 0.3) is 86.2 Å². The molecule has 0 saturated heterocycles. The smallest absolute Gasteiger partial charge is 0.0358 e. The SMILES string of the molecule is CC1(C)c2ccccc2-c2cc3c(cc21)sc1ccc(-c2ccc(-c4c5ccccc5c(-c5ccccc5)c5ccccc45)cc2)cc13. The fourth-order valence-electron chi connectivity index (χ4n) is 8.33. The minimum absolute atomic E-state index is 0.0156. The lowest BCUT2D eigenvalue weighted by molar-refractivity contribution is 0.661. The highest BCUT2D eigenvalue weighted by atomic mass is 32.1. The van der Waals surface area contributed by atoms with Gasteiger partial charge in [-0.3, -0.25) is 0 Å². The van der Waals surface area contributed by atoms with Gasteiger partial charge in [0.15, 0.2) is 0 Å². The van der Waals surface area contributed by atoms with E-state index >= 15 is 0 Å². The second-order valence-electron chi connectivity index (χ2n) is 13.7. The van der Waals surface area contributed by atoms with E-state index in [1.165, 1.54) is 97.4 Å². The van der Waals surface area contributed by atoms with Crippen LogP contribution < -0.4 is 0 Å². The van der Waals surface area contributed by atoms with Crippen LogP contribution in [-0.4, -0.2) is 0 Å². The lowest BCUT2D eigenvalue weighted by atomic mass is 9.82. The number of thiophene rings is 1. The summed E-state index contributed by atoms with van der Waals surface area (Å²) in [6.07, 6.45) is 0. The Morgan fingerprint density at radius 1 is 0.354 bits per heavy atom. The molecule has 0 atom stereocenters. The van der Waals surface area contributed by atoms with E-state index in [-0.39, 0.29) is 5.41 Å². The molecular formula is C47H32S. The second kappa shape index (κ2) is 10.2. The van der Waals surface area contributed by atoms with Gasteiger partial charge in [0, 0.05) is 25.6 Å². The number of hydrogen-bond acceptors (Lipinski definition) is 1. The van der Waals surface area contributed by atoms with Crippen LogP contribution in [0.15, 0.2) is 158 Å². The lowest BCUT2D eigenvalue weighted by Gasteiger charge is -2.21. The summed E-state index contributed by atoms with van der Waals surface area (Å²) in [6, 6.07) is 58.7. The molecule has 8 aromatic carbocycles. The number of rotatable bonds is 3. The Hall–Kier alpha value is -5.50. The third-order valence-corrected chi connectivity index (χ3v) is 11.8. The van der Waals surface area contributed by atoms with E-state index in [0.29, 0.717) is 0 Å². The maximum atomic E-state index is 2.46. The summed E-state index contributed by atoms with van der Waals surface area (Å²) >= 11 is 1.91. The van der Waals surface area contributed by atoms with Crippen molar-refractivity contribution >= 4 is 53.1 Å². The van der Waals surface area contributed by atoms with Gasteiger partial charge >= 0.3 is 0 Å². The fourth-order valence-corrected chi connectivity index (χ4v) is 9.44. The van der Waals surface area contributed by atoms with E-state index in [1.807, 2.05) is 11.3 Å². The molecule has 0 unspecified atom stereocenters. The van der Waals surface area contributed by atoms with Gasteiger partial charge in [0.05, 0.1) is 0 Å². The van der Waals surface area contributed by atoms with E-state index < -0.39 is 0 Å². The first-order valence-corrected chi connectivity index (χ1v) is 17.6. The fraction of sp³-hybridized carbons (Fsp3) is 0.0638. The van der Waals surface area contributed by atoms with Crippen molar-refractivity contribution in [2.45, 2.75) is 19.3 Å². The van der Waals surface area contributed by atoms with Crippen LogP contribution in [0.4, 0.5) is 0 Å². The van der Waals surface area contributed by atoms with E-state index in [0.717, 1.165) is 0 Å². The van der Waals surface area contributed by atoms with Gasteiger partial charge in [0.25, 0.3) is 0 Å². The zero-order valence-corrected chi connectivity index (χ0v) is 27.7. The number of hydrogen-bond donors (Lipinski definition) is 0. The summed E-state index contributed by atoms with van der Waals surface area (Å²) in [5, 5.41) is 7.84. The van der Waals surface area contributed by atoms with E-state index in [2.05, 4.69) is 172 Å². The topological polar surface area (TPSA) is 0 Å². The van der Waals surface area contributed by atoms with Crippen LogP contribution >= 0.6 is 11.3 Å². The minimum atomic E-state index is 0.0156. The van der Waals surface area contributed by atoms with Crippen LogP contribution in [0.1, 0.15) is 25.0 Å². The van der Waals surface area contributed by atoms with E-state index in [4.69, 9.17) is 0 Å². The molecule has 0 aliphatic heterocycles. The van der Waals surface area contributed by atoms with Gasteiger partial charge in [0.1, 0.15) is 0 Å². The Labute approximate surface area is 284 Å². The quantitative estimate of drug-likeness (QED) is 0.171. The van der Waals surface area contributed by atoms with Crippen molar-refractivity contribution in [1.29, 1.82) is 0 Å². The first-order valence-electron chi connectivity index (χ1n) is 16.8. The molecule has 1 aliphatic carbocycles. The summed E-state index contributed by atoms with van der Waals surface area (Å²) in [6.45, 7) is 4.73. The Balaban J connectivity index is 1.11. The molecule has 0 spiro atoms. The summed E-state index contributed by atoms with van der Waals surface area (Å²) in [5.41, 5.74) is 13.2. The molecule has 48 heavy (non-hydrogen) atoms. The Kier molecular flexibility index (Phi) is 5.89. The van der Waals surface area contributed by atoms with Crippen molar-refractivity contribution in [1.82, 2.24) is 0 Å². The van der Waals surface area contributed by atoms with Gasteiger partial charge in [-0.1, -0.05) is 147 Å². The van der Waals surface area contributed by atoms with Crippen molar-refractivity contribution in [3.05, 3.63) is 169 Å². The molecular weight excluding hydrogens is 597 g/mol. The van der Waals surface area contributed by atoms with Crippen LogP contribution in [0.3, 0.4) is 0 Å². The first-order chi connectivity index (χ1) is 23.6. The molecule has 226 valence electrons. The molecule has 1 aromatic heterocycles. The maximum Gasteiger partial charge on any atom is 0.0358 e. The summed E-state index contributed by atoms with van der Waals surface area (Å²) in [5.74, 6) is 0. The highest BCUT2D eigenvalue weighted by Crippen LogP contribution is 2.51. The Bertz CT molecular complexity index is 2670. The molecule has 9 aromatic rings. The van der Waals surface area contributed by atoms with Crippen molar-refractivity contribution in [2.75, 3.05) is 0 Å². The van der Waals surface area contributed by atoms with Gasteiger partial charge in [-0.15, -0.1) is 11.3 Å². The summed E-state index contributed by atoms with van der Waals surface area (Å²) in [4.78, 5) is 0. The van der Waals surface area contributed by atoms with Crippen LogP contribution in [0, 0.1) is 0 Å². The standard InChI is InChI=1S/C47H32S/c1-47(2)41-19-11-10-14-33(41)38-27-40-39-26-32(24-25-43(39)48-44(40)28-42(38)47)29-20-22-31(23-21-29)46-36-17-8-6-15-34(36)45(30-12-4-3-5-13-30)35-16-7-9-18-37(35)46/h3-28H,1-2H3. The molecule has 10 rings (SSSR count). The van der Waals surface area contributed by atoms with Gasteiger partial charge in [0.2, 0.25) is 0 Å². The lowest BCUT2D eigenvalue weighted by Crippen LogP contribution is -2.14. The van der Waals surface area contributed by atoms with Crippen molar-refractivity contribution in [3.8, 4) is 44.5 Å². The predicted octanol–water partition coefficient (Wildman–Crippen LogP) is 13.7. The van der Waals surface area contributed by atoms with Crippen LogP contribution in [0.5, 0.6) is 0 Å². The highest BCUT2D eigenvalue weighted by molar-refractivity contribution is 7.25. The molecule has 1 aliphatic rings. The maximum absolute atomic E-state index is 2.46. The minimum Gasteiger partial charge on any atom is -0.135 e. The third-order valence-electron chi connectivity index (χ3n) is 10.7.